The molecule has 7 nitrogen and oxygen atoms in total. The third kappa shape index (κ3) is 4.52. The predicted octanol–water partition coefficient (Wildman–Crippen LogP) is 1.65. The smallest absolute Gasteiger partial charge is 0.286 e. The first-order valence-electron chi connectivity index (χ1n) is 8.48. The summed E-state index contributed by atoms with van der Waals surface area (Å²) in [5.74, 6) is 4.99. The number of thiophene rings is 1. The fourth-order valence-electron chi connectivity index (χ4n) is 2.53. The summed E-state index contributed by atoms with van der Waals surface area (Å²) in [6.07, 6.45) is 0.235. The van der Waals surface area contributed by atoms with Gasteiger partial charge < -0.3 is 15.7 Å². The summed E-state index contributed by atoms with van der Waals surface area (Å²) in [6.45, 7) is 0.423. The van der Waals surface area contributed by atoms with Gasteiger partial charge in [-0.15, -0.1) is 11.3 Å². The molecule has 0 spiro atoms. The van der Waals surface area contributed by atoms with E-state index in [9.17, 15) is 14.7 Å². The minimum absolute atomic E-state index is 0.0351. The third-order valence-electron chi connectivity index (χ3n) is 3.98. The fourth-order valence-corrected chi connectivity index (χ4v) is 3.37. The highest BCUT2D eigenvalue weighted by Crippen LogP contribution is 2.30. The van der Waals surface area contributed by atoms with Crippen LogP contribution in [-0.4, -0.2) is 52.0 Å². The van der Waals surface area contributed by atoms with Crippen LogP contribution >= 0.6 is 11.3 Å². The van der Waals surface area contributed by atoms with E-state index in [4.69, 9.17) is 5.73 Å². The van der Waals surface area contributed by atoms with Gasteiger partial charge in [-0.1, -0.05) is 24.0 Å². The van der Waals surface area contributed by atoms with Crippen LogP contribution in [0.2, 0.25) is 0 Å². The molecule has 0 aliphatic heterocycles. The van der Waals surface area contributed by atoms with Crippen LogP contribution in [-0.2, 0) is 4.79 Å². The van der Waals surface area contributed by atoms with Crippen LogP contribution < -0.4 is 5.73 Å². The Morgan fingerprint density at radius 2 is 2.21 bits per heavy atom. The van der Waals surface area contributed by atoms with Crippen molar-refractivity contribution in [2.75, 3.05) is 13.6 Å². The molecule has 3 N–H and O–H groups in total. The molecule has 2 amide bonds. The van der Waals surface area contributed by atoms with Gasteiger partial charge in [0, 0.05) is 31.1 Å². The summed E-state index contributed by atoms with van der Waals surface area (Å²) >= 11 is 1.48. The number of aromatic nitrogens is 2. The van der Waals surface area contributed by atoms with Crippen LogP contribution in [0.25, 0.3) is 21.5 Å². The molecule has 0 aliphatic carbocycles. The molecule has 142 valence electrons. The lowest BCUT2D eigenvalue weighted by atomic mass is 10.1. The Bertz CT molecular complexity index is 1080. The monoisotopic (exact) mass is 394 g/mol. The van der Waals surface area contributed by atoms with Crippen molar-refractivity contribution in [3.05, 3.63) is 47.1 Å². The van der Waals surface area contributed by atoms with Crippen molar-refractivity contribution in [3.8, 4) is 23.1 Å². The molecule has 0 bridgehead atoms. The summed E-state index contributed by atoms with van der Waals surface area (Å²) in [5, 5.41) is 11.8. The maximum atomic E-state index is 11.6. The highest BCUT2D eigenvalue weighted by atomic mass is 32.1. The molecular formula is C20H18N4O3S. The number of aliphatic hydroxyl groups is 1. The van der Waals surface area contributed by atoms with E-state index in [1.54, 1.807) is 7.05 Å². The van der Waals surface area contributed by atoms with Crippen molar-refractivity contribution in [2.45, 2.75) is 12.5 Å². The molecule has 3 rings (SSSR count). The zero-order valence-electron chi connectivity index (χ0n) is 15.1. The normalized spacial score (nSPS) is 11.5. The second-order valence-corrected chi connectivity index (χ2v) is 7.05. The van der Waals surface area contributed by atoms with Gasteiger partial charge >= 0.3 is 0 Å². The minimum atomic E-state index is -0.837. The Labute approximate surface area is 165 Å². The fraction of sp³-hybridized carbons (Fsp3) is 0.200. The number of rotatable bonds is 6. The van der Waals surface area contributed by atoms with Crippen molar-refractivity contribution < 1.29 is 14.7 Å². The molecule has 0 radical (unpaired) electrons. The number of hydrogen-bond donors (Lipinski definition) is 2. The molecule has 1 atom stereocenters. The van der Waals surface area contributed by atoms with Gasteiger partial charge in [-0.2, -0.15) is 0 Å². The molecule has 2 aromatic heterocycles. The van der Waals surface area contributed by atoms with Crippen LogP contribution in [0.5, 0.6) is 0 Å². The molecule has 0 aliphatic rings. The Hall–Kier alpha value is -3.28. The molecule has 0 fully saturated rings. The van der Waals surface area contributed by atoms with Gasteiger partial charge in [-0.25, -0.2) is 9.97 Å². The maximum absolute atomic E-state index is 11.6. The number of aliphatic hydroxyl groups excluding tert-OH is 1. The summed E-state index contributed by atoms with van der Waals surface area (Å²) in [7, 11) is 1.64. The van der Waals surface area contributed by atoms with Crippen molar-refractivity contribution in [1.29, 1.82) is 0 Å². The van der Waals surface area contributed by atoms with E-state index in [0.717, 1.165) is 10.3 Å². The van der Waals surface area contributed by atoms with Crippen LogP contribution in [0, 0.1) is 11.8 Å². The van der Waals surface area contributed by atoms with Crippen LogP contribution in [0.4, 0.5) is 0 Å². The zero-order valence-corrected chi connectivity index (χ0v) is 15.9. The number of nitrogens with two attached hydrogens (primary N) is 1. The third-order valence-corrected chi connectivity index (χ3v) is 4.89. The lowest BCUT2D eigenvalue weighted by Gasteiger charge is -2.10. The largest absolute Gasteiger partial charge is 0.380 e. The standard InChI is InChI=1S/C20H18N4O3S/c1-24(12-25)9-7-15(26)6-5-13-3-2-4-14(11-13)17-18-16(8-10-28-18)22-20(23-17)19(21)27/h2-4,8,10-12,15,26H,7,9H2,1H3,(H2,21,27). The number of nitrogens with zero attached hydrogens (tertiary/aromatic N) is 3. The molecule has 2 heterocycles. The van der Waals surface area contributed by atoms with E-state index < -0.39 is 12.0 Å². The van der Waals surface area contributed by atoms with Crippen LogP contribution in [0.15, 0.2) is 35.7 Å². The molecule has 1 aromatic carbocycles. The van der Waals surface area contributed by atoms with E-state index in [1.807, 2.05) is 35.7 Å². The first-order valence-corrected chi connectivity index (χ1v) is 9.36. The molecule has 28 heavy (non-hydrogen) atoms. The average molecular weight is 394 g/mol. The van der Waals surface area contributed by atoms with E-state index >= 15 is 0 Å². The number of amides is 2. The highest BCUT2D eigenvalue weighted by molar-refractivity contribution is 7.17. The topological polar surface area (TPSA) is 109 Å². The van der Waals surface area contributed by atoms with Gasteiger partial charge in [-0.05, 0) is 23.6 Å². The van der Waals surface area contributed by atoms with Crippen LogP contribution in [0.1, 0.15) is 22.6 Å². The second kappa shape index (κ2) is 8.61. The van der Waals surface area contributed by atoms with Gasteiger partial charge in [0.15, 0.2) is 0 Å². The van der Waals surface area contributed by atoms with Gasteiger partial charge in [0.1, 0.15) is 6.10 Å². The molecular weight excluding hydrogens is 376 g/mol. The average Bonchev–Trinajstić information content (AvgIpc) is 3.18. The summed E-state index contributed by atoms with van der Waals surface area (Å²) in [4.78, 5) is 32.1. The molecule has 1 unspecified atom stereocenters. The summed E-state index contributed by atoms with van der Waals surface area (Å²) in [6, 6.07) is 9.17. The molecule has 3 aromatic rings. The quantitative estimate of drug-likeness (QED) is 0.488. The van der Waals surface area contributed by atoms with Crippen LogP contribution in [0.3, 0.4) is 0 Å². The Balaban J connectivity index is 1.90. The highest BCUT2D eigenvalue weighted by Gasteiger charge is 2.14. The molecule has 8 heteroatoms. The number of fused-ring (bicyclic) bond motifs is 1. The number of carbonyl (C=O) groups is 2. The van der Waals surface area contributed by atoms with Crippen molar-refractivity contribution in [3.63, 3.8) is 0 Å². The predicted molar refractivity (Wildman–Crippen MR) is 108 cm³/mol. The summed E-state index contributed by atoms with van der Waals surface area (Å²) < 4.78 is 0.854. The number of benzene rings is 1. The number of carbonyl (C=O) groups excluding carboxylic acids is 2. The van der Waals surface area contributed by atoms with Crippen molar-refractivity contribution in [1.82, 2.24) is 14.9 Å². The molecule has 0 saturated heterocycles. The van der Waals surface area contributed by atoms with Gasteiger partial charge in [0.05, 0.1) is 15.9 Å². The first-order chi connectivity index (χ1) is 13.5. The number of hydrogen-bond acceptors (Lipinski definition) is 6. The van der Waals surface area contributed by atoms with E-state index in [2.05, 4.69) is 21.8 Å². The van der Waals surface area contributed by atoms with Gasteiger partial charge in [0.25, 0.3) is 5.91 Å². The number of primary amides is 1. The lowest BCUT2D eigenvalue weighted by Crippen LogP contribution is -2.21. The van der Waals surface area contributed by atoms with Crippen molar-refractivity contribution >= 4 is 33.9 Å². The first kappa shape index (κ1) is 19.5. The van der Waals surface area contributed by atoms with Gasteiger partial charge in [-0.3, -0.25) is 9.59 Å². The maximum Gasteiger partial charge on any atom is 0.286 e. The Morgan fingerprint density at radius 1 is 1.39 bits per heavy atom. The van der Waals surface area contributed by atoms with E-state index in [-0.39, 0.29) is 5.82 Å². The summed E-state index contributed by atoms with van der Waals surface area (Å²) in [5.41, 5.74) is 8.11. The zero-order chi connectivity index (χ0) is 20.1. The SMILES string of the molecule is CN(C=O)CCC(O)C#Cc1cccc(-c2nc(C(N)=O)nc3ccsc23)c1. The molecule has 0 saturated carbocycles. The Kier molecular flexibility index (Phi) is 5.99. The minimum Gasteiger partial charge on any atom is -0.380 e. The van der Waals surface area contributed by atoms with E-state index in [1.165, 1.54) is 16.2 Å². The Morgan fingerprint density at radius 3 is 2.96 bits per heavy atom. The van der Waals surface area contributed by atoms with Crippen molar-refractivity contribution in [2.24, 2.45) is 5.73 Å². The lowest BCUT2D eigenvalue weighted by molar-refractivity contribution is -0.117. The second-order valence-electron chi connectivity index (χ2n) is 6.14. The van der Waals surface area contributed by atoms with E-state index in [0.29, 0.717) is 36.1 Å². The van der Waals surface area contributed by atoms with Gasteiger partial charge in [0.2, 0.25) is 12.2 Å².